The lowest BCUT2D eigenvalue weighted by Gasteiger charge is -2.12. The summed E-state index contributed by atoms with van der Waals surface area (Å²) in [4.78, 5) is 24.9. The normalized spacial score (nSPS) is 10.2. The predicted molar refractivity (Wildman–Crippen MR) is 100 cm³/mol. The fourth-order valence-electron chi connectivity index (χ4n) is 2.35. The highest BCUT2D eigenvalue weighted by molar-refractivity contribution is 6.31. The van der Waals surface area contributed by atoms with E-state index in [1.807, 2.05) is 0 Å². The van der Waals surface area contributed by atoms with E-state index in [0.717, 1.165) is 0 Å². The molecule has 4 nitrogen and oxygen atoms in total. The van der Waals surface area contributed by atoms with E-state index >= 15 is 0 Å². The third kappa shape index (κ3) is 4.26. The number of nitrogens with one attached hydrogen (secondary N) is 2. The first kappa shape index (κ1) is 17.6. The van der Waals surface area contributed by atoms with Crippen LogP contribution in [0, 0.1) is 5.82 Å². The highest BCUT2D eigenvalue weighted by Gasteiger charge is 2.14. The Hall–Kier alpha value is -3.18. The highest BCUT2D eigenvalue weighted by Crippen LogP contribution is 2.20. The largest absolute Gasteiger partial charge is 0.322 e. The monoisotopic (exact) mass is 368 g/mol. The van der Waals surface area contributed by atoms with E-state index in [4.69, 9.17) is 11.6 Å². The van der Waals surface area contributed by atoms with Crippen molar-refractivity contribution in [2.45, 2.75) is 0 Å². The Bertz CT molecular complexity index is 958. The van der Waals surface area contributed by atoms with E-state index < -0.39 is 11.7 Å². The van der Waals surface area contributed by atoms with Crippen LogP contribution >= 0.6 is 11.6 Å². The predicted octanol–water partition coefficient (Wildman–Crippen LogP) is 4.98. The molecule has 0 aliphatic rings. The van der Waals surface area contributed by atoms with E-state index in [2.05, 4.69) is 10.6 Å². The van der Waals surface area contributed by atoms with Crippen molar-refractivity contribution >= 4 is 34.8 Å². The minimum atomic E-state index is -0.437. The Labute approximate surface area is 154 Å². The summed E-state index contributed by atoms with van der Waals surface area (Å²) in [7, 11) is 0. The molecular weight excluding hydrogens is 355 g/mol. The molecule has 3 rings (SSSR count). The lowest BCUT2D eigenvalue weighted by Crippen LogP contribution is -2.18. The van der Waals surface area contributed by atoms with Crippen molar-refractivity contribution in [3.05, 3.63) is 94.8 Å². The second-order valence-electron chi connectivity index (χ2n) is 5.47. The molecule has 0 fully saturated rings. The van der Waals surface area contributed by atoms with Crippen LogP contribution in [0.25, 0.3) is 0 Å². The zero-order chi connectivity index (χ0) is 18.5. The average molecular weight is 369 g/mol. The molecule has 26 heavy (non-hydrogen) atoms. The third-order valence-corrected chi connectivity index (χ3v) is 3.84. The molecule has 0 saturated heterocycles. The molecular formula is C20H14ClFN2O2. The molecule has 3 aromatic carbocycles. The zero-order valence-corrected chi connectivity index (χ0v) is 14.3. The van der Waals surface area contributed by atoms with Crippen LogP contribution < -0.4 is 10.6 Å². The number of rotatable bonds is 4. The van der Waals surface area contributed by atoms with Crippen LogP contribution in [0.3, 0.4) is 0 Å². The molecule has 0 heterocycles. The Kier molecular flexibility index (Phi) is 5.29. The fourth-order valence-corrected chi connectivity index (χ4v) is 2.54. The molecule has 0 saturated carbocycles. The van der Waals surface area contributed by atoms with Crippen LogP contribution in [0.2, 0.25) is 5.02 Å². The van der Waals surface area contributed by atoms with Crippen molar-refractivity contribution in [2.24, 2.45) is 0 Å². The summed E-state index contributed by atoms with van der Waals surface area (Å²) in [6.45, 7) is 0. The van der Waals surface area contributed by atoms with Gasteiger partial charge in [0.15, 0.2) is 0 Å². The Morgan fingerprint density at radius 2 is 1.54 bits per heavy atom. The summed E-state index contributed by atoms with van der Waals surface area (Å²) in [5, 5.41) is 5.91. The molecule has 0 radical (unpaired) electrons. The smallest absolute Gasteiger partial charge is 0.257 e. The van der Waals surface area contributed by atoms with E-state index in [1.54, 1.807) is 48.5 Å². The summed E-state index contributed by atoms with van der Waals surface area (Å²) >= 11 is 5.92. The molecule has 0 spiro atoms. The molecule has 2 N–H and O–H groups in total. The van der Waals surface area contributed by atoms with Gasteiger partial charge in [0.25, 0.3) is 11.8 Å². The van der Waals surface area contributed by atoms with Gasteiger partial charge in [-0.25, -0.2) is 4.39 Å². The van der Waals surface area contributed by atoms with Gasteiger partial charge in [0.2, 0.25) is 0 Å². The summed E-state index contributed by atoms with van der Waals surface area (Å²) in [5.74, 6) is -1.25. The second-order valence-corrected chi connectivity index (χ2v) is 5.91. The van der Waals surface area contributed by atoms with E-state index in [9.17, 15) is 14.0 Å². The van der Waals surface area contributed by atoms with Crippen LogP contribution in [0.4, 0.5) is 15.8 Å². The summed E-state index contributed by atoms with van der Waals surface area (Å²) in [6, 6.07) is 18.5. The number of para-hydroxylation sites is 1. The first-order valence-corrected chi connectivity index (χ1v) is 8.13. The first-order valence-electron chi connectivity index (χ1n) is 7.76. The van der Waals surface area contributed by atoms with E-state index in [-0.39, 0.29) is 11.5 Å². The van der Waals surface area contributed by atoms with Crippen molar-refractivity contribution in [2.75, 3.05) is 10.6 Å². The highest BCUT2D eigenvalue weighted by atomic mass is 35.5. The minimum absolute atomic E-state index is 0.288. The molecule has 130 valence electrons. The molecule has 0 aliphatic heterocycles. The standard InChI is InChI=1S/C20H14ClFN2O2/c21-14-4-3-5-16(12-14)23-20(26)17-6-1-2-7-18(17)24-19(25)13-8-10-15(22)11-9-13/h1-12H,(H,23,26)(H,24,25). The van der Waals surface area contributed by atoms with Gasteiger partial charge in [-0.05, 0) is 54.6 Å². The number of halogens is 2. The van der Waals surface area contributed by atoms with Gasteiger partial charge in [0, 0.05) is 16.3 Å². The number of anilines is 2. The lowest BCUT2D eigenvalue weighted by molar-refractivity contribution is 0.102. The lowest BCUT2D eigenvalue weighted by atomic mass is 10.1. The van der Waals surface area contributed by atoms with Gasteiger partial charge in [0.1, 0.15) is 5.82 Å². The Morgan fingerprint density at radius 3 is 2.27 bits per heavy atom. The molecule has 0 bridgehead atoms. The molecule has 0 atom stereocenters. The maximum atomic E-state index is 13.0. The van der Waals surface area contributed by atoms with Gasteiger partial charge in [-0.3, -0.25) is 9.59 Å². The Balaban J connectivity index is 1.80. The Morgan fingerprint density at radius 1 is 0.808 bits per heavy atom. The number of hydrogen-bond donors (Lipinski definition) is 2. The third-order valence-electron chi connectivity index (χ3n) is 3.61. The number of carbonyl (C=O) groups is 2. The van der Waals surface area contributed by atoms with Crippen molar-refractivity contribution in [1.82, 2.24) is 0 Å². The van der Waals surface area contributed by atoms with Gasteiger partial charge in [-0.2, -0.15) is 0 Å². The van der Waals surface area contributed by atoms with Crippen LogP contribution in [0.15, 0.2) is 72.8 Å². The van der Waals surface area contributed by atoms with Gasteiger partial charge < -0.3 is 10.6 Å². The van der Waals surface area contributed by atoms with Gasteiger partial charge >= 0.3 is 0 Å². The first-order chi connectivity index (χ1) is 12.5. The topological polar surface area (TPSA) is 58.2 Å². The zero-order valence-electron chi connectivity index (χ0n) is 13.5. The van der Waals surface area contributed by atoms with E-state index in [1.165, 1.54) is 24.3 Å². The minimum Gasteiger partial charge on any atom is -0.322 e. The van der Waals surface area contributed by atoms with Crippen molar-refractivity contribution in [3.63, 3.8) is 0 Å². The maximum Gasteiger partial charge on any atom is 0.257 e. The molecule has 6 heteroatoms. The number of benzene rings is 3. The SMILES string of the molecule is O=C(Nc1ccccc1C(=O)Nc1cccc(Cl)c1)c1ccc(F)cc1. The average Bonchev–Trinajstić information content (AvgIpc) is 2.62. The van der Waals surface area contributed by atoms with Gasteiger partial charge in [-0.15, -0.1) is 0 Å². The van der Waals surface area contributed by atoms with Gasteiger partial charge in [0.05, 0.1) is 11.3 Å². The van der Waals surface area contributed by atoms with Gasteiger partial charge in [-0.1, -0.05) is 29.8 Å². The van der Waals surface area contributed by atoms with E-state index in [0.29, 0.717) is 22.0 Å². The summed E-state index contributed by atoms with van der Waals surface area (Å²) in [5.41, 5.74) is 1.47. The molecule has 0 unspecified atom stereocenters. The van der Waals surface area contributed by atoms with Crippen LogP contribution in [-0.2, 0) is 0 Å². The van der Waals surface area contributed by atoms with Crippen LogP contribution in [-0.4, -0.2) is 11.8 Å². The molecule has 0 aromatic heterocycles. The second kappa shape index (κ2) is 7.80. The van der Waals surface area contributed by atoms with Crippen LogP contribution in [0.1, 0.15) is 20.7 Å². The van der Waals surface area contributed by atoms with Crippen molar-refractivity contribution in [3.8, 4) is 0 Å². The fraction of sp³-hybridized carbons (Fsp3) is 0. The van der Waals surface area contributed by atoms with Crippen molar-refractivity contribution < 1.29 is 14.0 Å². The quantitative estimate of drug-likeness (QED) is 0.682. The maximum absolute atomic E-state index is 13.0. The molecule has 2 amide bonds. The number of carbonyl (C=O) groups excluding carboxylic acids is 2. The van der Waals surface area contributed by atoms with Crippen LogP contribution in [0.5, 0.6) is 0 Å². The summed E-state index contributed by atoms with van der Waals surface area (Å²) in [6.07, 6.45) is 0. The summed E-state index contributed by atoms with van der Waals surface area (Å²) < 4.78 is 13.0. The number of amides is 2. The molecule has 3 aromatic rings. The molecule has 0 aliphatic carbocycles. The van der Waals surface area contributed by atoms with Crippen molar-refractivity contribution in [1.29, 1.82) is 0 Å². The number of hydrogen-bond acceptors (Lipinski definition) is 2.